The summed E-state index contributed by atoms with van der Waals surface area (Å²) in [5.41, 5.74) is 2.01. The average Bonchev–Trinajstić information content (AvgIpc) is 2.94. The number of aromatic amines is 1. The van der Waals surface area contributed by atoms with Crippen LogP contribution >= 0.6 is 0 Å². The van der Waals surface area contributed by atoms with Crippen LogP contribution in [0.1, 0.15) is 10.4 Å². The fraction of sp³-hybridized carbons (Fsp3) is 0.333. The molecule has 0 atom stereocenters. The number of hydrogen-bond acceptors (Lipinski definition) is 4. The Morgan fingerprint density at radius 2 is 1.89 bits per heavy atom. The van der Waals surface area contributed by atoms with Gasteiger partial charge in [0, 0.05) is 31.7 Å². The third-order valence-corrected chi connectivity index (χ3v) is 3.31. The lowest BCUT2D eigenvalue weighted by Crippen LogP contribution is -2.48. The van der Waals surface area contributed by atoms with Crippen LogP contribution in [-0.4, -0.2) is 63.7 Å². The van der Waals surface area contributed by atoms with Crippen molar-refractivity contribution < 1.29 is 9.59 Å². The van der Waals surface area contributed by atoms with Crippen molar-refractivity contribution in [1.29, 1.82) is 0 Å². The number of carbonyl (C=O) groups is 2. The van der Waals surface area contributed by atoms with Crippen LogP contribution < -0.4 is 0 Å². The number of piperazine rings is 1. The van der Waals surface area contributed by atoms with Crippen molar-refractivity contribution in [2.45, 2.75) is 0 Å². The highest BCUT2D eigenvalue weighted by atomic mass is 16.2. The van der Waals surface area contributed by atoms with Gasteiger partial charge in [-0.3, -0.25) is 9.59 Å². The molecule has 0 aliphatic carbocycles. The minimum atomic E-state index is -0.0320. The molecule has 0 spiro atoms. The number of nitrogens with one attached hydrogen (secondary N) is 1. The topological polar surface area (TPSA) is 82.2 Å². The predicted octanol–water partition coefficient (Wildman–Crippen LogP) is -0.128. The molecular formula is C12H13N5O2. The van der Waals surface area contributed by atoms with E-state index >= 15 is 0 Å². The Balaban J connectivity index is 1.78. The van der Waals surface area contributed by atoms with Gasteiger partial charge < -0.3 is 9.80 Å². The number of aromatic nitrogens is 3. The van der Waals surface area contributed by atoms with Crippen LogP contribution in [0.15, 0.2) is 18.2 Å². The average molecular weight is 259 g/mol. The van der Waals surface area contributed by atoms with Gasteiger partial charge >= 0.3 is 0 Å². The van der Waals surface area contributed by atoms with E-state index in [1.165, 1.54) is 0 Å². The Bertz CT molecular complexity index is 615. The van der Waals surface area contributed by atoms with Gasteiger partial charge in [-0.25, -0.2) is 0 Å². The van der Waals surface area contributed by atoms with Gasteiger partial charge in [0.1, 0.15) is 11.0 Å². The lowest BCUT2D eigenvalue weighted by Gasteiger charge is -2.32. The SMILES string of the molecule is O=CN1CCN(C(=O)c2ccc3n[nH]nc3c2)CC1. The number of H-pyrrole nitrogens is 1. The number of fused-ring (bicyclic) bond motifs is 1. The maximum atomic E-state index is 12.3. The maximum absolute atomic E-state index is 12.3. The minimum Gasteiger partial charge on any atom is -0.342 e. The van der Waals surface area contributed by atoms with Gasteiger partial charge in [0.05, 0.1) is 0 Å². The van der Waals surface area contributed by atoms with E-state index < -0.39 is 0 Å². The Kier molecular flexibility index (Phi) is 2.86. The first kappa shape index (κ1) is 11.6. The Labute approximate surface area is 109 Å². The summed E-state index contributed by atoms with van der Waals surface area (Å²) in [6.45, 7) is 2.30. The zero-order valence-corrected chi connectivity index (χ0v) is 10.2. The molecule has 0 radical (unpaired) electrons. The molecule has 1 aromatic carbocycles. The summed E-state index contributed by atoms with van der Waals surface area (Å²) < 4.78 is 0. The lowest BCUT2D eigenvalue weighted by molar-refractivity contribution is -0.119. The third kappa shape index (κ3) is 2.14. The molecule has 2 amide bonds. The summed E-state index contributed by atoms with van der Waals surface area (Å²) in [4.78, 5) is 26.4. The normalized spacial score (nSPS) is 15.8. The van der Waals surface area contributed by atoms with E-state index in [2.05, 4.69) is 15.4 Å². The molecule has 1 aromatic heterocycles. The van der Waals surface area contributed by atoms with Crippen LogP contribution in [0, 0.1) is 0 Å². The molecule has 1 fully saturated rings. The van der Waals surface area contributed by atoms with Crippen LogP contribution in [0.3, 0.4) is 0 Å². The van der Waals surface area contributed by atoms with Crippen molar-refractivity contribution in [1.82, 2.24) is 25.2 Å². The minimum absolute atomic E-state index is 0.0320. The van der Waals surface area contributed by atoms with Crippen LogP contribution in [-0.2, 0) is 4.79 Å². The van der Waals surface area contributed by atoms with Crippen molar-refractivity contribution in [3.8, 4) is 0 Å². The molecule has 3 rings (SSSR count). The maximum Gasteiger partial charge on any atom is 0.254 e. The molecule has 2 aromatic rings. The summed E-state index contributed by atoms with van der Waals surface area (Å²) in [5, 5.41) is 10.4. The van der Waals surface area contributed by atoms with E-state index in [0.717, 1.165) is 11.9 Å². The number of benzene rings is 1. The number of amides is 2. The van der Waals surface area contributed by atoms with Crippen LogP contribution in [0.4, 0.5) is 0 Å². The summed E-state index contributed by atoms with van der Waals surface area (Å²) in [6.07, 6.45) is 0.823. The van der Waals surface area contributed by atoms with Crippen molar-refractivity contribution in [3.63, 3.8) is 0 Å². The van der Waals surface area contributed by atoms with Gasteiger partial charge in [-0.05, 0) is 18.2 Å². The first-order chi connectivity index (χ1) is 9.28. The zero-order chi connectivity index (χ0) is 13.2. The first-order valence-corrected chi connectivity index (χ1v) is 6.07. The molecule has 7 heteroatoms. The molecule has 1 N–H and O–H groups in total. The second-order valence-electron chi connectivity index (χ2n) is 4.46. The van der Waals surface area contributed by atoms with Gasteiger partial charge in [-0.15, -0.1) is 0 Å². The highest BCUT2D eigenvalue weighted by molar-refractivity contribution is 5.97. The second kappa shape index (κ2) is 4.68. The van der Waals surface area contributed by atoms with E-state index in [9.17, 15) is 9.59 Å². The van der Waals surface area contributed by atoms with E-state index in [-0.39, 0.29) is 5.91 Å². The highest BCUT2D eigenvalue weighted by Crippen LogP contribution is 2.13. The number of rotatable bonds is 2. The van der Waals surface area contributed by atoms with E-state index in [0.29, 0.717) is 37.3 Å². The lowest BCUT2D eigenvalue weighted by atomic mass is 10.1. The van der Waals surface area contributed by atoms with E-state index in [4.69, 9.17) is 0 Å². The highest BCUT2D eigenvalue weighted by Gasteiger charge is 2.21. The van der Waals surface area contributed by atoms with Gasteiger partial charge in [0.25, 0.3) is 5.91 Å². The summed E-state index contributed by atoms with van der Waals surface area (Å²) in [5.74, 6) is -0.0320. The Hall–Kier alpha value is -2.44. The third-order valence-electron chi connectivity index (χ3n) is 3.31. The van der Waals surface area contributed by atoms with Crippen LogP contribution in [0.5, 0.6) is 0 Å². The summed E-state index contributed by atoms with van der Waals surface area (Å²) in [6, 6.07) is 5.25. The fourth-order valence-electron chi connectivity index (χ4n) is 2.19. The summed E-state index contributed by atoms with van der Waals surface area (Å²) in [7, 11) is 0. The van der Waals surface area contributed by atoms with Gasteiger partial charge in [-0.2, -0.15) is 15.4 Å². The Morgan fingerprint density at radius 1 is 1.16 bits per heavy atom. The van der Waals surface area contributed by atoms with Crippen LogP contribution in [0.2, 0.25) is 0 Å². The Morgan fingerprint density at radius 3 is 2.63 bits per heavy atom. The molecule has 0 bridgehead atoms. The van der Waals surface area contributed by atoms with Crippen molar-refractivity contribution in [2.24, 2.45) is 0 Å². The molecule has 2 heterocycles. The quantitative estimate of drug-likeness (QED) is 0.762. The monoisotopic (exact) mass is 259 g/mol. The predicted molar refractivity (Wildman–Crippen MR) is 67.4 cm³/mol. The molecule has 1 saturated heterocycles. The molecule has 0 saturated carbocycles. The van der Waals surface area contributed by atoms with Crippen molar-refractivity contribution in [3.05, 3.63) is 23.8 Å². The molecule has 98 valence electrons. The van der Waals surface area contributed by atoms with Crippen LogP contribution in [0.25, 0.3) is 11.0 Å². The largest absolute Gasteiger partial charge is 0.342 e. The van der Waals surface area contributed by atoms with Gasteiger partial charge in [0.2, 0.25) is 6.41 Å². The fourth-order valence-corrected chi connectivity index (χ4v) is 2.19. The molecule has 1 aliphatic rings. The number of nitrogens with zero attached hydrogens (tertiary/aromatic N) is 4. The molecule has 19 heavy (non-hydrogen) atoms. The molecule has 7 nitrogen and oxygen atoms in total. The van der Waals surface area contributed by atoms with E-state index in [1.807, 2.05) is 0 Å². The number of carbonyl (C=O) groups excluding carboxylic acids is 2. The van der Waals surface area contributed by atoms with E-state index in [1.54, 1.807) is 28.0 Å². The first-order valence-electron chi connectivity index (χ1n) is 6.07. The standard InChI is InChI=1S/C12H13N5O2/c18-8-16-3-5-17(6-4-16)12(19)9-1-2-10-11(7-9)14-15-13-10/h1-2,7-8H,3-6H2,(H,13,14,15). The smallest absolute Gasteiger partial charge is 0.254 e. The van der Waals surface area contributed by atoms with Gasteiger partial charge in [0.15, 0.2) is 0 Å². The van der Waals surface area contributed by atoms with Gasteiger partial charge in [-0.1, -0.05) is 0 Å². The second-order valence-corrected chi connectivity index (χ2v) is 4.46. The van der Waals surface area contributed by atoms with Crippen molar-refractivity contribution in [2.75, 3.05) is 26.2 Å². The molecule has 1 aliphatic heterocycles. The zero-order valence-electron chi connectivity index (χ0n) is 10.2. The summed E-state index contributed by atoms with van der Waals surface area (Å²) >= 11 is 0. The molecular weight excluding hydrogens is 246 g/mol. The molecule has 0 unspecified atom stereocenters. The van der Waals surface area contributed by atoms with Crippen molar-refractivity contribution >= 4 is 23.4 Å². The number of hydrogen-bond donors (Lipinski definition) is 1.